The Bertz CT molecular complexity index is 1210. The van der Waals surface area contributed by atoms with Crippen LogP contribution in [0.4, 0.5) is 26.3 Å². The fraction of sp³-hybridized carbons (Fsp3) is 0.476. The number of rotatable bonds is 7. The van der Waals surface area contributed by atoms with E-state index in [9.17, 15) is 31.1 Å². The molecule has 3 aromatic rings. The minimum atomic E-state index is -4.74. The Morgan fingerprint density at radius 2 is 1.78 bits per heavy atom. The largest absolute Gasteiger partial charge is 0.435 e. The lowest BCUT2D eigenvalue weighted by molar-refractivity contribution is -0.142. The molecule has 0 saturated carbocycles. The maximum Gasteiger partial charge on any atom is 0.435 e. The molecule has 0 spiro atoms. The van der Waals surface area contributed by atoms with Gasteiger partial charge in [-0.1, -0.05) is 5.16 Å². The summed E-state index contributed by atoms with van der Waals surface area (Å²) in [6.07, 6.45) is -6.46. The van der Waals surface area contributed by atoms with E-state index in [4.69, 9.17) is 4.52 Å². The maximum absolute atomic E-state index is 13.3. The molecule has 3 aromatic heterocycles. The number of aromatic nitrogens is 5. The minimum absolute atomic E-state index is 0.0133. The van der Waals surface area contributed by atoms with Crippen molar-refractivity contribution < 1.29 is 35.7 Å². The number of pyridine rings is 1. The molecule has 1 atom stereocenters. The fourth-order valence-electron chi connectivity index (χ4n) is 3.74. The number of amides is 1. The van der Waals surface area contributed by atoms with Crippen LogP contribution in [0.1, 0.15) is 53.6 Å². The second-order valence-corrected chi connectivity index (χ2v) is 8.26. The van der Waals surface area contributed by atoms with Gasteiger partial charge < -0.3 is 14.7 Å². The summed E-state index contributed by atoms with van der Waals surface area (Å²) in [5.74, 6) is -1.17. The van der Waals surface area contributed by atoms with E-state index in [2.05, 4.69) is 30.4 Å². The molecule has 0 aliphatic carbocycles. The van der Waals surface area contributed by atoms with Crippen LogP contribution in [0.25, 0.3) is 11.4 Å². The van der Waals surface area contributed by atoms with Crippen molar-refractivity contribution in [2.45, 2.75) is 44.7 Å². The Balaban J connectivity index is 1.49. The van der Waals surface area contributed by atoms with Crippen LogP contribution in [0.5, 0.6) is 0 Å². The number of alkyl halides is 6. The molecule has 15 heteroatoms. The first kappa shape index (κ1) is 25.6. The Morgan fingerprint density at radius 1 is 1.08 bits per heavy atom. The summed E-state index contributed by atoms with van der Waals surface area (Å²) in [4.78, 5) is 22.2. The SMILES string of the molecule is C[C@H](NC(=O)c1cc(C(F)(F)F)nn1CCN1CCCC1)c1nc(-c2ccnc(C(F)(F)F)c2)no1. The molecule has 1 saturated heterocycles. The number of hydrogen-bond donors (Lipinski definition) is 1. The smallest absolute Gasteiger partial charge is 0.339 e. The van der Waals surface area contributed by atoms with Crippen LogP contribution in [0.15, 0.2) is 28.9 Å². The van der Waals surface area contributed by atoms with Crippen molar-refractivity contribution >= 4 is 5.91 Å². The molecule has 194 valence electrons. The quantitative estimate of drug-likeness (QED) is 0.474. The van der Waals surface area contributed by atoms with Gasteiger partial charge in [0.15, 0.2) is 5.69 Å². The fourth-order valence-corrected chi connectivity index (χ4v) is 3.74. The Kier molecular flexibility index (Phi) is 7.02. The van der Waals surface area contributed by atoms with Crippen molar-refractivity contribution in [3.63, 3.8) is 0 Å². The highest BCUT2D eigenvalue weighted by atomic mass is 19.4. The predicted octanol–water partition coefficient (Wildman–Crippen LogP) is 3.95. The highest BCUT2D eigenvalue weighted by Gasteiger charge is 2.36. The first-order valence-corrected chi connectivity index (χ1v) is 11.0. The van der Waals surface area contributed by atoms with E-state index in [1.165, 1.54) is 13.0 Å². The Morgan fingerprint density at radius 3 is 2.44 bits per heavy atom. The molecule has 1 N–H and O–H groups in total. The lowest BCUT2D eigenvalue weighted by Gasteiger charge is -2.16. The molecule has 1 amide bonds. The number of likely N-dealkylation sites (tertiary alicyclic amines) is 1. The predicted molar refractivity (Wildman–Crippen MR) is 111 cm³/mol. The Labute approximate surface area is 200 Å². The second kappa shape index (κ2) is 9.87. The van der Waals surface area contributed by atoms with Crippen LogP contribution in [-0.4, -0.2) is 55.3 Å². The standard InChI is InChI=1S/C21H21F6N7O2/c1-12(19-30-17(32-36-19)13-4-5-28-15(10-13)20(22,23)24)29-18(35)14-11-16(21(25,26)27)31-34(14)9-8-33-6-2-3-7-33/h4-5,10-12H,2-3,6-9H2,1H3,(H,29,35)/t12-/m0/s1. The second-order valence-electron chi connectivity index (χ2n) is 8.26. The van der Waals surface area contributed by atoms with Gasteiger partial charge in [0.05, 0.1) is 6.54 Å². The van der Waals surface area contributed by atoms with Crippen molar-refractivity contribution in [2.75, 3.05) is 19.6 Å². The third kappa shape index (κ3) is 5.83. The number of carbonyl (C=O) groups excluding carboxylic acids is 1. The summed E-state index contributed by atoms with van der Waals surface area (Å²) in [6, 6.07) is 1.71. The number of carbonyl (C=O) groups is 1. The molecule has 0 radical (unpaired) electrons. The normalized spacial score (nSPS) is 15.9. The van der Waals surface area contributed by atoms with Crippen molar-refractivity contribution in [1.29, 1.82) is 0 Å². The van der Waals surface area contributed by atoms with Crippen LogP contribution in [0.3, 0.4) is 0 Å². The van der Waals surface area contributed by atoms with E-state index in [0.29, 0.717) is 12.6 Å². The molecular formula is C21H21F6N7O2. The number of hydrogen-bond acceptors (Lipinski definition) is 7. The van der Waals surface area contributed by atoms with Gasteiger partial charge in [-0.15, -0.1) is 0 Å². The third-order valence-corrected chi connectivity index (χ3v) is 5.60. The van der Waals surface area contributed by atoms with E-state index in [0.717, 1.165) is 42.9 Å². The zero-order valence-corrected chi connectivity index (χ0v) is 18.9. The van der Waals surface area contributed by atoms with Crippen molar-refractivity contribution in [2.24, 2.45) is 0 Å². The summed E-state index contributed by atoms with van der Waals surface area (Å²) >= 11 is 0. The molecule has 36 heavy (non-hydrogen) atoms. The number of nitrogens with one attached hydrogen (secondary N) is 1. The maximum atomic E-state index is 13.3. The molecule has 9 nitrogen and oxygen atoms in total. The van der Waals surface area contributed by atoms with Gasteiger partial charge in [0.25, 0.3) is 5.91 Å². The topological polar surface area (TPSA) is 102 Å². The van der Waals surface area contributed by atoms with Crippen LogP contribution in [-0.2, 0) is 18.9 Å². The molecule has 1 fully saturated rings. The van der Waals surface area contributed by atoms with Crippen molar-refractivity contribution in [3.8, 4) is 11.4 Å². The summed E-state index contributed by atoms with van der Waals surface area (Å²) < 4.78 is 84.6. The van der Waals surface area contributed by atoms with Crippen LogP contribution in [0.2, 0.25) is 0 Å². The lowest BCUT2D eigenvalue weighted by atomic mass is 10.2. The summed E-state index contributed by atoms with van der Waals surface area (Å²) in [5.41, 5.74) is -2.65. The van der Waals surface area contributed by atoms with Crippen LogP contribution >= 0.6 is 0 Å². The molecule has 1 aliphatic heterocycles. The first-order chi connectivity index (χ1) is 16.9. The van der Waals surface area contributed by atoms with Crippen molar-refractivity contribution in [1.82, 2.24) is 35.1 Å². The monoisotopic (exact) mass is 517 g/mol. The van der Waals surface area contributed by atoms with E-state index < -0.39 is 35.7 Å². The molecule has 4 heterocycles. The van der Waals surface area contributed by atoms with Gasteiger partial charge in [-0.05, 0) is 45.0 Å². The molecule has 4 rings (SSSR count). The van der Waals surface area contributed by atoms with E-state index in [1.54, 1.807) is 0 Å². The zero-order valence-electron chi connectivity index (χ0n) is 18.9. The van der Waals surface area contributed by atoms with E-state index in [-0.39, 0.29) is 29.5 Å². The van der Waals surface area contributed by atoms with Gasteiger partial charge >= 0.3 is 12.4 Å². The number of nitrogens with zero attached hydrogens (tertiary/aromatic N) is 6. The first-order valence-electron chi connectivity index (χ1n) is 11.0. The number of halogens is 6. The molecule has 0 bridgehead atoms. The summed E-state index contributed by atoms with van der Waals surface area (Å²) in [6.45, 7) is 3.62. The average Bonchev–Trinajstić information content (AvgIpc) is 3.57. The zero-order chi connectivity index (χ0) is 26.1. The summed E-state index contributed by atoms with van der Waals surface area (Å²) in [7, 11) is 0. The van der Waals surface area contributed by atoms with Gasteiger partial charge in [-0.2, -0.15) is 36.4 Å². The molecule has 1 aliphatic rings. The van der Waals surface area contributed by atoms with Gasteiger partial charge in [0, 0.05) is 24.4 Å². The van der Waals surface area contributed by atoms with Gasteiger partial charge in [0.1, 0.15) is 17.4 Å². The van der Waals surface area contributed by atoms with Crippen molar-refractivity contribution in [3.05, 3.63) is 47.4 Å². The van der Waals surface area contributed by atoms with E-state index >= 15 is 0 Å². The van der Waals surface area contributed by atoms with Gasteiger partial charge in [0.2, 0.25) is 11.7 Å². The highest BCUT2D eigenvalue weighted by molar-refractivity contribution is 5.93. The average molecular weight is 517 g/mol. The van der Waals surface area contributed by atoms with Gasteiger partial charge in [-0.3, -0.25) is 14.5 Å². The Hall–Kier alpha value is -3.49. The minimum Gasteiger partial charge on any atom is -0.339 e. The molecule has 0 aromatic carbocycles. The molecular weight excluding hydrogens is 496 g/mol. The highest BCUT2D eigenvalue weighted by Crippen LogP contribution is 2.31. The lowest BCUT2D eigenvalue weighted by Crippen LogP contribution is -2.31. The molecule has 0 unspecified atom stereocenters. The summed E-state index contributed by atoms with van der Waals surface area (Å²) in [5, 5.41) is 9.68. The third-order valence-electron chi connectivity index (χ3n) is 5.60. The van der Waals surface area contributed by atoms with Gasteiger partial charge in [-0.25, -0.2) is 0 Å². The van der Waals surface area contributed by atoms with E-state index in [1.807, 2.05) is 0 Å². The van der Waals surface area contributed by atoms with Crippen LogP contribution < -0.4 is 5.32 Å². The van der Waals surface area contributed by atoms with Crippen LogP contribution in [0, 0.1) is 0 Å².